The Bertz CT molecular complexity index is 661. The van der Waals surface area contributed by atoms with Crippen molar-refractivity contribution in [3.63, 3.8) is 0 Å². The third kappa shape index (κ3) is 4.24. The van der Waals surface area contributed by atoms with E-state index in [0.29, 0.717) is 11.5 Å². The molecule has 2 aromatic carbocycles. The van der Waals surface area contributed by atoms with E-state index >= 15 is 0 Å². The molecule has 1 aliphatic rings. The second kappa shape index (κ2) is 8.66. The van der Waals surface area contributed by atoms with Crippen molar-refractivity contribution in [1.29, 1.82) is 0 Å². The smallest absolute Gasteiger partial charge is 0.231 e. The first kappa shape index (κ1) is 18.2. The molecule has 0 fully saturated rings. The molecule has 0 spiro atoms. The van der Waals surface area contributed by atoms with Gasteiger partial charge in [0, 0.05) is 6.54 Å². The number of fused-ring (bicyclic) bond motifs is 1. The average Bonchev–Trinajstić information content (AvgIpc) is 3.07. The van der Waals surface area contributed by atoms with Crippen LogP contribution in [0.25, 0.3) is 0 Å². The summed E-state index contributed by atoms with van der Waals surface area (Å²) in [4.78, 5) is 0. The first-order valence-electron chi connectivity index (χ1n) is 7.60. The molecule has 0 atom stereocenters. The van der Waals surface area contributed by atoms with E-state index in [1.165, 1.54) is 5.56 Å². The van der Waals surface area contributed by atoms with Gasteiger partial charge in [-0.15, -0.1) is 12.4 Å². The quantitative estimate of drug-likeness (QED) is 0.776. The highest BCUT2D eigenvalue weighted by atomic mass is 35.5. The molecule has 0 saturated heterocycles. The van der Waals surface area contributed by atoms with Crippen molar-refractivity contribution >= 4 is 12.4 Å². The van der Waals surface area contributed by atoms with Crippen LogP contribution in [0.1, 0.15) is 11.1 Å². The van der Waals surface area contributed by atoms with Gasteiger partial charge in [0.1, 0.15) is 5.75 Å². The third-order valence-corrected chi connectivity index (χ3v) is 3.80. The molecule has 0 amide bonds. The molecule has 1 heterocycles. The van der Waals surface area contributed by atoms with E-state index in [-0.39, 0.29) is 19.2 Å². The fraction of sp³-hybridized carbons (Fsp3) is 0.333. The molecule has 130 valence electrons. The first-order chi connectivity index (χ1) is 11.3. The largest absolute Gasteiger partial charge is 0.497 e. The lowest BCUT2D eigenvalue weighted by atomic mass is 10.1. The molecule has 24 heavy (non-hydrogen) atoms. The van der Waals surface area contributed by atoms with Crippen molar-refractivity contribution in [2.45, 2.75) is 13.0 Å². The third-order valence-electron chi connectivity index (χ3n) is 3.80. The van der Waals surface area contributed by atoms with Gasteiger partial charge in [0.2, 0.25) is 12.5 Å². The minimum atomic E-state index is 0. The van der Waals surface area contributed by atoms with Crippen molar-refractivity contribution in [2.24, 2.45) is 0 Å². The van der Waals surface area contributed by atoms with Crippen LogP contribution >= 0.6 is 12.4 Å². The molecule has 0 unspecified atom stereocenters. The van der Waals surface area contributed by atoms with Gasteiger partial charge < -0.3 is 24.3 Å². The summed E-state index contributed by atoms with van der Waals surface area (Å²) >= 11 is 0. The molecule has 1 N–H and O–H groups in total. The Kier molecular flexibility index (Phi) is 6.58. The molecule has 0 aliphatic carbocycles. The summed E-state index contributed by atoms with van der Waals surface area (Å²) in [5, 5.41) is 3.44. The van der Waals surface area contributed by atoms with Crippen LogP contribution < -0.4 is 24.3 Å². The predicted molar refractivity (Wildman–Crippen MR) is 94.8 cm³/mol. The van der Waals surface area contributed by atoms with Gasteiger partial charge in [-0.1, -0.05) is 12.1 Å². The van der Waals surface area contributed by atoms with Crippen molar-refractivity contribution in [2.75, 3.05) is 27.6 Å². The van der Waals surface area contributed by atoms with Crippen LogP contribution in [0.5, 0.6) is 23.0 Å². The molecule has 3 rings (SSSR count). The minimum Gasteiger partial charge on any atom is -0.497 e. The van der Waals surface area contributed by atoms with Crippen LogP contribution in [0.15, 0.2) is 36.4 Å². The summed E-state index contributed by atoms with van der Waals surface area (Å²) in [5.74, 6) is 3.03. The van der Waals surface area contributed by atoms with E-state index in [9.17, 15) is 0 Å². The number of rotatable bonds is 7. The maximum absolute atomic E-state index is 5.44. The molecule has 0 bridgehead atoms. The fourth-order valence-electron chi connectivity index (χ4n) is 2.54. The zero-order valence-corrected chi connectivity index (χ0v) is 14.7. The summed E-state index contributed by atoms with van der Waals surface area (Å²) in [6.07, 6.45) is 0.964. The fourth-order valence-corrected chi connectivity index (χ4v) is 2.54. The van der Waals surface area contributed by atoms with E-state index in [0.717, 1.165) is 36.6 Å². The zero-order chi connectivity index (χ0) is 16.1. The lowest BCUT2D eigenvalue weighted by Gasteiger charge is -2.09. The lowest BCUT2D eigenvalue weighted by Crippen LogP contribution is -2.16. The van der Waals surface area contributed by atoms with Crippen molar-refractivity contribution in [3.05, 3.63) is 47.5 Å². The van der Waals surface area contributed by atoms with E-state index in [2.05, 4.69) is 17.4 Å². The number of hydrogen-bond donors (Lipinski definition) is 1. The SMILES string of the molecule is COc1ccc(CCNCc2cc(OC)c3c(c2)OCO3)cc1.Cl. The summed E-state index contributed by atoms with van der Waals surface area (Å²) in [6, 6.07) is 12.1. The molecule has 2 aromatic rings. The highest BCUT2D eigenvalue weighted by molar-refractivity contribution is 5.85. The van der Waals surface area contributed by atoms with E-state index in [1.807, 2.05) is 24.3 Å². The maximum atomic E-state index is 5.44. The van der Waals surface area contributed by atoms with Crippen LogP contribution in [0, 0.1) is 0 Å². The summed E-state index contributed by atoms with van der Waals surface area (Å²) in [7, 11) is 3.31. The van der Waals surface area contributed by atoms with Crippen molar-refractivity contribution in [1.82, 2.24) is 5.32 Å². The number of halogens is 1. The van der Waals surface area contributed by atoms with Gasteiger partial charge in [-0.3, -0.25) is 0 Å². The molecule has 0 saturated carbocycles. The molecule has 6 heteroatoms. The Balaban J connectivity index is 0.00000208. The molecular formula is C18H22ClNO4. The van der Waals surface area contributed by atoms with Gasteiger partial charge in [-0.2, -0.15) is 0 Å². The highest BCUT2D eigenvalue weighted by Crippen LogP contribution is 2.41. The monoisotopic (exact) mass is 351 g/mol. The molecular weight excluding hydrogens is 330 g/mol. The van der Waals surface area contributed by atoms with Crippen LogP contribution in [0.3, 0.4) is 0 Å². The molecule has 0 radical (unpaired) electrons. The van der Waals surface area contributed by atoms with Crippen molar-refractivity contribution < 1.29 is 18.9 Å². The lowest BCUT2D eigenvalue weighted by molar-refractivity contribution is 0.171. The highest BCUT2D eigenvalue weighted by Gasteiger charge is 2.19. The summed E-state index contributed by atoms with van der Waals surface area (Å²) in [6.45, 7) is 1.90. The van der Waals surface area contributed by atoms with Gasteiger partial charge in [-0.25, -0.2) is 0 Å². The van der Waals surface area contributed by atoms with Crippen LogP contribution in [-0.4, -0.2) is 27.6 Å². The predicted octanol–water partition coefficient (Wildman–Crippen LogP) is 3.19. The molecule has 0 aromatic heterocycles. The minimum absolute atomic E-state index is 0. The van der Waals surface area contributed by atoms with Crippen LogP contribution in [0.2, 0.25) is 0 Å². The van der Waals surface area contributed by atoms with E-state index in [1.54, 1.807) is 14.2 Å². The number of nitrogens with one attached hydrogen (secondary N) is 1. The Morgan fingerprint density at radius 3 is 2.50 bits per heavy atom. The average molecular weight is 352 g/mol. The number of methoxy groups -OCH3 is 2. The second-order valence-corrected chi connectivity index (χ2v) is 5.31. The summed E-state index contributed by atoms with van der Waals surface area (Å²) < 4.78 is 21.3. The standard InChI is InChI=1S/C18H21NO4.ClH/c1-20-15-5-3-13(4-6-15)7-8-19-11-14-9-16(21-2)18-17(10-14)22-12-23-18;/h3-6,9-10,19H,7-8,11-12H2,1-2H3;1H. The van der Waals surface area contributed by atoms with Crippen LogP contribution in [0.4, 0.5) is 0 Å². The van der Waals surface area contributed by atoms with E-state index in [4.69, 9.17) is 18.9 Å². The molecule has 1 aliphatic heterocycles. The normalized spacial score (nSPS) is 11.8. The number of hydrogen-bond acceptors (Lipinski definition) is 5. The first-order valence-corrected chi connectivity index (χ1v) is 7.60. The van der Waals surface area contributed by atoms with Gasteiger partial charge >= 0.3 is 0 Å². The van der Waals surface area contributed by atoms with Gasteiger partial charge in [-0.05, 0) is 48.4 Å². The Morgan fingerprint density at radius 2 is 1.79 bits per heavy atom. The molecule has 5 nitrogen and oxygen atoms in total. The Labute approximate surface area is 148 Å². The topological polar surface area (TPSA) is 49.0 Å². The van der Waals surface area contributed by atoms with Gasteiger partial charge in [0.15, 0.2) is 11.5 Å². The van der Waals surface area contributed by atoms with Gasteiger partial charge in [0.25, 0.3) is 0 Å². The number of ether oxygens (including phenoxy) is 4. The maximum Gasteiger partial charge on any atom is 0.231 e. The number of benzene rings is 2. The zero-order valence-electron chi connectivity index (χ0n) is 13.8. The Hall–Kier alpha value is -2.11. The summed E-state index contributed by atoms with van der Waals surface area (Å²) in [5.41, 5.74) is 2.39. The Morgan fingerprint density at radius 1 is 1.00 bits per heavy atom. The van der Waals surface area contributed by atoms with Gasteiger partial charge in [0.05, 0.1) is 14.2 Å². The van der Waals surface area contributed by atoms with E-state index < -0.39 is 0 Å². The second-order valence-electron chi connectivity index (χ2n) is 5.31. The van der Waals surface area contributed by atoms with Crippen molar-refractivity contribution in [3.8, 4) is 23.0 Å². The van der Waals surface area contributed by atoms with Crippen LogP contribution in [-0.2, 0) is 13.0 Å².